The molecule has 1 fully saturated rings. The van der Waals surface area contributed by atoms with Crippen LogP contribution < -0.4 is 0 Å². The first kappa shape index (κ1) is 9.31. The zero-order chi connectivity index (χ0) is 10.5. The van der Waals surface area contributed by atoms with Gasteiger partial charge >= 0.3 is 5.31 Å². The maximum Gasteiger partial charge on any atom is 0.375 e. The maximum atomic E-state index is 5.87. The van der Waals surface area contributed by atoms with E-state index in [1.165, 1.54) is 5.56 Å². The molecule has 2 aliphatic rings. The van der Waals surface area contributed by atoms with Crippen LogP contribution in [0.4, 0.5) is 0 Å². The number of rotatable bonds is 3. The van der Waals surface area contributed by atoms with Crippen LogP contribution in [0.15, 0.2) is 40.6 Å². The Morgan fingerprint density at radius 3 is 2.60 bits per heavy atom. The maximum absolute atomic E-state index is 5.87. The van der Waals surface area contributed by atoms with Gasteiger partial charge in [-0.25, -0.2) is 0 Å². The van der Waals surface area contributed by atoms with Crippen LogP contribution in [-0.2, 0) is 4.74 Å². The summed E-state index contributed by atoms with van der Waals surface area (Å²) >= 11 is 5.87. The van der Waals surface area contributed by atoms with Crippen LogP contribution in [0, 0.1) is 0 Å². The Kier molecular flexibility index (Phi) is 1.74. The number of ether oxygens (including phenoxy) is 1. The molecule has 0 bridgehead atoms. The van der Waals surface area contributed by atoms with E-state index in [-0.39, 0.29) is 5.60 Å². The average Bonchev–Trinajstić information content (AvgIpc) is 3.09. The largest absolute Gasteiger partial charge is 0.375 e. The molecule has 2 atom stereocenters. The topological polar surface area (TPSA) is 34.0 Å². The van der Waals surface area contributed by atoms with E-state index in [1.54, 1.807) is 0 Å². The molecule has 0 amide bonds. The summed E-state index contributed by atoms with van der Waals surface area (Å²) in [5.74, 6) is 0.417. The quantitative estimate of drug-likeness (QED) is 0.571. The van der Waals surface area contributed by atoms with Gasteiger partial charge in [0.1, 0.15) is 0 Å². The summed E-state index contributed by atoms with van der Waals surface area (Å²) in [4.78, 5) is 0. The first-order chi connectivity index (χ1) is 7.11. The molecular formula is C11H11ClN2O. The van der Waals surface area contributed by atoms with Crippen molar-refractivity contribution in [2.45, 2.75) is 30.2 Å². The van der Waals surface area contributed by atoms with Crippen LogP contribution in [0.25, 0.3) is 0 Å². The van der Waals surface area contributed by atoms with Gasteiger partial charge in [-0.05, 0) is 30.5 Å². The Morgan fingerprint density at radius 1 is 1.33 bits per heavy atom. The van der Waals surface area contributed by atoms with Crippen molar-refractivity contribution in [3.05, 3.63) is 35.9 Å². The van der Waals surface area contributed by atoms with Crippen LogP contribution in [0.5, 0.6) is 0 Å². The minimum atomic E-state index is -1.07. The van der Waals surface area contributed by atoms with Crippen LogP contribution in [0.1, 0.15) is 24.8 Å². The summed E-state index contributed by atoms with van der Waals surface area (Å²) in [6.07, 6.45) is 0.983. The Morgan fingerprint density at radius 2 is 2.00 bits per heavy atom. The van der Waals surface area contributed by atoms with Gasteiger partial charge in [0.25, 0.3) is 0 Å². The molecule has 1 aromatic rings. The molecule has 0 saturated heterocycles. The van der Waals surface area contributed by atoms with Gasteiger partial charge in [-0.3, -0.25) is 0 Å². The molecule has 4 heteroatoms. The molecule has 1 heterocycles. The molecule has 1 aliphatic heterocycles. The van der Waals surface area contributed by atoms with Gasteiger partial charge in [-0.2, -0.15) is 0 Å². The third-order valence-corrected chi connectivity index (χ3v) is 3.24. The second-order valence-corrected chi connectivity index (χ2v) is 4.80. The van der Waals surface area contributed by atoms with Gasteiger partial charge in [0.05, 0.1) is 5.60 Å². The highest BCUT2D eigenvalue weighted by atomic mass is 35.5. The van der Waals surface area contributed by atoms with Gasteiger partial charge in [0.15, 0.2) is 0 Å². The zero-order valence-corrected chi connectivity index (χ0v) is 9.11. The Bertz CT molecular complexity index is 414. The monoisotopic (exact) mass is 222 g/mol. The first-order valence-corrected chi connectivity index (χ1v) is 5.37. The van der Waals surface area contributed by atoms with E-state index < -0.39 is 5.31 Å². The summed E-state index contributed by atoms with van der Waals surface area (Å²) in [7, 11) is 0. The SMILES string of the molecule is C[C@]1(OC2(Cl)N=N2)C[C@@H]1c1ccccc1. The predicted octanol–water partition coefficient (Wildman–Crippen LogP) is 3.27. The summed E-state index contributed by atoms with van der Waals surface area (Å²) in [6, 6.07) is 10.3. The van der Waals surface area contributed by atoms with Crippen LogP contribution >= 0.6 is 11.6 Å². The molecule has 0 spiro atoms. The number of hydrogen-bond donors (Lipinski definition) is 0. The zero-order valence-electron chi connectivity index (χ0n) is 8.35. The molecule has 15 heavy (non-hydrogen) atoms. The molecule has 0 aromatic heterocycles. The highest BCUT2D eigenvalue weighted by molar-refractivity contribution is 6.23. The van der Waals surface area contributed by atoms with Crippen molar-refractivity contribution in [2.24, 2.45) is 10.2 Å². The van der Waals surface area contributed by atoms with Crippen molar-refractivity contribution < 1.29 is 4.74 Å². The summed E-state index contributed by atoms with van der Waals surface area (Å²) in [5.41, 5.74) is 1.09. The van der Waals surface area contributed by atoms with E-state index >= 15 is 0 Å². The fraction of sp³-hybridized carbons (Fsp3) is 0.455. The predicted molar refractivity (Wildman–Crippen MR) is 56.7 cm³/mol. The van der Waals surface area contributed by atoms with Crippen molar-refractivity contribution in [1.82, 2.24) is 0 Å². The van der Waals surface area contributed by atoms with Gasteiger partial charge in [0, 0.05) is 5.92 Å². The van der Waals surface area contributed by atoms with E-state index in [4.69, 9.17) is 16.3 Å². The van der Waals surface area contributed by atoms with E-state index in [0.717, 1.165) is 6.42 Å². The Hall–Kier alpha value is -0.930. The standard InChI is InChI=1S/C11H11ClN2O/c1-10(15-11(12)13-14-11)7-9(10)8-5-3-2-4-6-8/h2-6,9H,7H2,1H3/t9-,10+/m1/s1. The highest BCUT2D eigenvalue weighted by Gasteiger charge is 2.59. The van der Waals surface area contributed by atoms with E-state index in [0.29, 0.717) is 5.92 Å². The van der Waals surface area contributed by atoms with Crippen molar-refractivity contribution in [2.75, 3.05) is 0 Å². The van der Waals surface area contributed by atoms with Gasteiger partial charge in [0.2, 0.25) is 0 Å². The lowest BCUT2D eigenvalue weighted by molar-refractivity contribution is -0.00478. The molecule has 1 saturated carbocycles. The molecule has 0 radical (unpaired) electrons. The molecule has 3 rings (SSSR count). The fourth-order valence-corrected chi connectivity index (χ4v) is 2.21. The lowest BCUT2D eigenvalue weighted by Gasteiger charge is -2.13. The summed E-state index contributed by atoms with van der Waals surface area (Å²) in [5, 5.41) is 6.24. The second-order valence-electron chi connectivity index (χ2n) is 4.31. The lowest BCUT2D eigenvalue weighted by Crippen LogP contribution is -2.20. The van der Waals surface area contributed by atoms with Crippen molar-refractivity contribution >= 4 is 11.6 Å². The minimum Gasteiger partial charge on any atom is -0.313 e. The van der Waals surface area contributed by atoms with Crippen LogP contribution in [0.2, 0.25) is 0 Å². The second kappa shape index (κ2) is 2.80. The number of alkyl halides is 1. The smallest absolute Gasteiger partial charge is 0.313 e. The fourth-order valence-electron chi connectivity index (χ4n) is 1.99. The van der Waals surface area contributed by atoms with E-state index in [2.05, 4.69) is 29.3 Å². The highest BCUT2D eigenvalue weighted by Crippen LogP contribution is 2.57. The molecule has 1 aromatic carbocycles. The van der Waals surface area contributed by atoms with E-state index in [9.17, 15) is 0 Å². The Labute approximate surface area is 93.1 Å². The van der Waals surface area contributed by atoms with Crippen LogP contribution in [0.3, 0.4) is 0 Å². The van der Waals surface area contributed by atoms with Crippen molar-refractivity contribution in [1.29, 1.82) is 0 Å². The molecule has 0 N–H and O–H groups in total. The average molecular weight is 223 g/mol. The lowest BCUT2D eigenvalue weighted by atomic mass is 10.1. The van der Waals surface area contributed by atoms with Crippen molar-refractivity contribution in [3.8, 4) is 0 Å². The number of benzene rings is 1. The molecule has 78 valence electrons. The molecule has 0 unspecified atom stereocenters. The van der Waals surface area contributed by atoms with Crippen LogP contribution in [-0.4, -0.2) is 10.9 Å². The normalized spacial score (nSPS) is 35.2. The van der Waals surface area contributed by atoms with Crippen molar-refractivity contribution in [3.63, 3.8) is 0 Å². The third kappa shape index (κ3) is 1.66. The number of halogens is 1. The third-order valence-electron chi connectivity index (χ3n) is 3.01. The summed E-state index contributed by atoms with van der Waals surface area (Å²) < 4.78 is 5.65. The minimum absolute atomic E-state index is 0.202. The van der Waals surface area contributed by atoms with Gasteiger partial charge < -0.3 is 4.74 Å². The van der Waals surface area contributed by atoms with Gasteiger partial charge in [-0.15, -0.1) is 10.2 Å². The Balaban J connectivity index is 1.72. The molecular weight excluding hydrogens is 212 g/mol. The first-order valence-electron chi connectivity index (χ1n) is 4.99. The molecule has 1 aliphatic carbocycles. The van der Waals surface area contributed by atoms with Gasteiger partial charge in [-0.1, -0.05) is 30.3 Å². The summed E-state index contributed by atoms with van der Waals surface area (Å²) in [6.45, 7) is 2.05. The van der Waals surface area contributed by atoms with E-state index in [1.807, 2.05) is 18.2 Å². The number of nitrogens with zero attached hydrogens (tertiary/aromatic N) is 2. The molecule has 3 nitrogen and oxygen atoms in total. The number of hydrogen-bond acceptors (Lipinski definition) is 3.